The highest BCUT2D eigenvalue weighted by Crippen LogP contribution is 2.18. The van der Waals surface area contributed by atoms with Gasteiger partial charge in [-0.15, -0.1) is 12.4 Å². The van der Waals surface area contributed by atoms with Gasteiger partial charge in [0, 0.05) is 12.1 Å². The Balaban J connectivity index is 0. The Hall–Kier alpha value is -2.52. The fourth-order valence-corrected chi connectivity index (χ4v) is 1.15. The van der Waals surface area contributed by atoms with Crippen molar-refractivity contribution in [1.29, 1.82) is 0 Å². The smallest absolute Gasteiger partial charge is 0.339 e. The largest absolute Gasteiger partial charge is 0.507 e. The maximum absolute atomic E-state index is 10.4. The van der Waals surface area contributed by atoms with Crippen molar-refractivity contribution in [2.75, 3.05) is 5.73 Å². The molecule has 0 radical (unpaired) electrons. The van der Waals surface area contributed by atoms with Crippen LogP contribution in [0, 0.1) is 0 Å². The lowest BCUT2D eigenvalue weighted by Gasteiger charge is -2.01. The van der Waals surface area contributed by atoms with Crippen LogP contribution in [0.25, 0.3) is 0 Å². The number of primary amides is 1. The molecule has 0 fully saturated rings. The van der Waals surface area contributed by atoms with Crippen LogP contribution in [-0.2, 0) is 9.59 Å². The summed E-state index contributed by atoms with van der Waals surface area (Å²) >= 11 is 0. The molecule has 9 N–H and O–H groups in total. The van der Waals surface area contributed by atoms with Crippen molar-refractivity contribution in [2.24, 2.45) is 11.5 Å². The normalized spacial score (nSPS) is 10.4. The van der Waals surface area contributed by atoms with E-state index < -0.39 is 23.9 Å². The van der Waals surface area contributed by atoms with Crippen molar-refractivity contribution < 1.29 is 29.7 Å². The van der Waals surface area contributed by atoms with Crippen LogP contribution in [0.5, 0.6) is 5.75 Å². The number of amides is 1. The van der Waals surface area contributed by atoms with Crippen LogP contribution >= 0.6 is 12.4 Å². The van der Waals surface area contributed by atoms with E-state index in [1.165, 1.54) is 18.2 Å². The molecule has 0 aliphatic carbocycles. The zero-order valence-electron chi connectivity index (χ0n) is 11.4. The molecule has 1 amide bonds. The van der Waals surface area contributed by atoms with E-state index in [-0.39, 0.29) is 36.6 Å². The van der Waals surface area contributed by atoms with E-state index >= 15 is 0 Å². The number of carbonyl (C=O) groups excluding carboxylic acids is 1. The lowest BCUT2D eigenvalue weighted by Crippen LogP contribution is -2.31. The van der Waals surface area contributed by atoms with Crippen LogP contribution in [0.1, 0.15) is 23.2 Å². The third-order valence-corrected chi connectivity index (χ3v) is 2.27. The molecule has 1 atom stereocenters. The summed E-state index contributed by atoms with van der Waals surface area (Å²) in [6, 6.07) is 2.91. The molecule has 22 heavy (non-hydrogen) atoms. The van der Waals surface area contributed by atoms with Crippen molar-refractivity contribution in [1.82, 2.24) is 0 Å². The number of benzene rings is 1. The molecular formula is C12H18ClN3O6. The summed E-state index contributed by atoms with van der Waals surface area (Å²) in [5.74, 6) is -3.10. The molecule has 124 valence electrons. The van der Waals surface area contributed by atoms with E-state index in [4.69, 9.17) is 32.5 Å². The van der Waals surface area contributed by atoms with Crippen molar-refractivity contribution in [3.63, 3.8) is 0 Å². The van der Waals surface area contributed by atoms with Crippen LogP contribution in [0.15, 0.2) is 18.2 Å². The van der Waals surface area contributed by atoms with Crippen molar-refractivity contribution in [3.05, 3.63) is 23.8 Å². The highest BCUT2D eigenvalue weighted by molar-refractivity contribution is 5.91. The van der Waals surface area contributed by atoms with E-state index in [1.54, 1.807) is 0 Å². The lowest BCUT2D eigenvalue weighted by molar-refractivity contribution is -0.138. The molecule has 0 aliphatic heterocycles. The topological polar surface area (TPSA) is 190 Å². The highest BCUT2D eigenvalue weighted by Gasteiger charge is 2.11. The Labute approximate surface area is 132 Å². The van der Waals surface area contributed by atoms with Gasteiger partial charge in [0.25, 0.3) is 0 Å². The number of nitrogen functional groups attached to an aromatic ring is 1. The number of carbonyl (C=O) groups is 3. The summed E-state index contributed by atoms with van der Waals surface area (Å²) in [7, 11) is 0. The molecule has 0 saturated carbocycles. The average Bonchev–Trinajstić information content (AvgIpc) is 2.39. The number of nitrogens with two attached hydrogens (primary N) is 3. The van der Waals surface area contributed by atoms with E-state index in [0.717, 1.165) is 0 Å². The highest BCUT2D eigenvalue weighted by atomic mass is 35.5. The van der Waals surface area contributed by atoms with Gasteiger partial charge in [-0.25, -0.2) is 4.79 Å². The summed E-state index contributed by atoms with van der Waals surface area (Å²) in [6.45, 7) is 0. The molecular weight excluding hydrogens is 318 g/mol. The third-order valence-electron chi connectivity index (χ3n) is 2.27. The molecule has 1 aromatic rings. The third kappa shape index (κ3) is 8.61. The number of phenols is 1. The van der Waals surface area contributed by atoms with E-state index in [1.807, 2.05) is 0 Å². The van der Waals surface area contributed by atoms with Gasteiger partial charge in [0.2, 0.25) is 5.91 Å². The maximum atomic E-state index is 10.4. The van der Waals surface area contributed by atoms with Crippen molar-refractivity contribution in [3.8, 4) is 5.75 Å². The first-order valence-electron chi connectivity index (χ1n) is 5.73. The summed E-state index contributed by atoms with van der Waals surface area (Å²) in [5.41, 5.74) is 15.2. The van der Waals surface area contributed by atoms with Crippen molar-refractivity contribution in [2.45, 2.75) is 18.9 Å². The Bertz CT molecular complexity index is 538. The number of carboxylic acids is 2. The van der Waals surface area contributed by atoms with Crippen LogP contribution in [0.4, 0.5) is 5.69 Å². The number of anilines is 1. The zero-order valence-corrected chi connectivity index (χ0v) is 12.2. The van der Waals surface area contributed by atoms with Gasteiger partial charge in [-0.2, -0.15) is 0 Å². The first kappa shape index (κ1) is 21.8. The average molecular weight is 336 g/mol. The molecule has 0 aromatic heterocycles. The molecule has 0 heterocycles. The molecule has 0 aliphatic rings. The number of hydrogen-bond acceptors (Lipinski definition) is 6. The minimum atomic E-state index is -1.19. The van der Waals surface area contributed by atoms with Gasteiger partial charge in [-0.1, -0.05) is 0 Å². The van der Waals surface area contributed by atoms with E-state index in [2.05, 4.69) is 0 Å². The molecule has 0 bridgehead atoms. The first-order chi connectivity index (χ1) is 9.65. The number of halogens is 1. The standard InChI is InChI=1S/C7H7NO3.C5H10N2O3.ClH/c8-4-1-2-6(9)5(3-4)7(10)11;6-3(5(9)10)1-2-4(7)8;/h1-3,9H,8H2,(H,10,11);3H,1-2,6H2,(H2,7,8)(H,9,10);1H. The summed E-state index contributed by atoms with van der Waals surface area (Å²) in [4.78, 5) is 30.5. The molecule has 1 rings (SSSR count). The fraction of sp³-hybridized carbons (Fsp3) is 0.250. The Morgan fingerprint density at radius 1 is 1.18 bits per heavy atom. The number of carboxylic acid groups (broad SMARTS) is 2. The molecule has 0 spiro atoms. The summed E-state index contributed by atoms with van der Waals surface area (Å²) < 4.78 is 0. The number of aromatic hydroxyl groups is 1. The molecule has 9 nitrogen and oxygen atoms in total. The number of rotatable bonds is 5. The zero-order chi connectivity index (χ0) is 16.6. The van der Waals surface area contributed by atoms with Gasteiger partial charge in [-0.05, 0) is 24.6 Å². The predicted molar refractivity (Wildman–Crippen MR) is 80.8 cm³/mol. The van der Waals surface area contributed by atoms with Crippen LogP contribution < -0.4 is 17.2 Å². The second kappa shape index (κ2) is 10.2. The molecule has 0 saturated heterocycles. The van der Waals surface area contributed by atoms with Gasteiger partial charge in [0.1, 0.15) is 17.4 Å². The summed E-state index contributed by atoms with van der Waals surface area (Å²) in [5, 5.41) is 25.7. The lowest BCUT2D eigenvalue weighted by atomic mass is 10.2. The van der Waals surface area contributed by atoms with Gasteiger partial charge < -0.3 is 32.5 Å². The number of aliphatic carboxylic acids is 1. The fourth-order valence-electron chi connectivity index (χ4n) is 1.15. The van der Waals surface area contributed by atoms with Gasteiger partial charge in [0.05, 0.1) is 0 Å². The minimum absolute atomic E-state index is 0. The second-order valence-corrected chi connectivity index (χ2v) is 4.03. The first-order valence-corrected chi connectivity index (χ1v) is 5.73. The van der Waals surface area contributed by atoms with Gasteiger partial charge in [-0.3, -0.25) is 9.59 Å². The maximum Gasteiger partial charge on any atom is 0.339 e. The Morgan fingerprint density at radius 3 is 2.09 bits per heavy atom. The van der Waals surface area contributed by atoms with Gasteiger partial charge in [0.15, 0.2) is 0 Å². The second-order valence-electron chi connectivity index (χ2n) is 4.03. The van der Waals surface area contributed by atoms with Crippen molar-refractivity contribution >= 4 is 35.9 Å². The molecule has 1 unspecified atom stereocenters. The quantitative estimate of drug-likeness (QED) is 0.313. The van der Waals surface area contributed by atoms with Gasteiger partial charge >= 0.3 is 11.9 Å². The van der Waals surface area contributed by atoms with E-state index in [0.29, 0.717) is 5.69 Å². The van der Waals surface area contributed by atoms with E-state index in [9.17, 15) is 14.4 Å². The monoisotopic (exact) mass is 335 g/mol. The van der Waals surface area contributed by atoms with Crippen LogP contribution in [0.3, 0.4) is 0 Å². The molecule has 1 aromatic carbocycles. The number of aromatic carboxylic acids is 1. The Kier molecular flexibility index (Phi) is 10.1. The minimum Gasteiger partial charge on any atom is -0.507 e. The molecule has 10 heteroatoms. The number of hydrogen-bond donors (Lipinski definition) is 6. The predicted octanol–water partition coefficient (Wildman–Crippen LogP) is -0.242. The Morgan fingerprint density at radius 2 is 1.73 bits per heavy atom. The SMILES string of the molecule is Cl.NC(=O)CCC(N)C(=O)O.Nc1ccc(O)c(C(=O)O)c1. The van der Waals surface area contributed by atoms with Crippen LogP contribution in [0.2, 0.25) is 0 Å². The summed E-state index contributed by atoms with van der Waals surface area (Å²) in [6.07, 6.45) is 0.123. The van der Waals surface area contributed by atoms with Crippen LogP contribution in [-0.4, -0.2) is 39.2 Å².